The zero-order chi connectivity index (χ0) is 14.5. The molecule has 108 valence electrons. The van der Waals surface area contributed by atoms with E-state index in [4.69, 9.17) is 9.84 Å². The number of nitrogens with zero attached hydrogens (tertiary/aromatic N) is 1. The number of halogens is 1. The second kappa shape index (κ2) is 6.52. The van der Waals surface area contributed by atoms with Gasteiger partial charge in [-0.2, -0.15) is 0 Å². The molecule has 5 heteroatoms. The summed E-state index contributed by atoms with van der Waals surface area (Å²) in [5.41, 5.74) is 1.06. The monoisotopic (exact) mass is 279 g/mol. The van der Waals surface area contributed by atoms with Gasteiger partial charge in [0.25, 0.3) is 0 Å². The molecule has 2 rings (SSSR count). The maximum absolute atomic E-state index is 13.9. The van der Waals surface area contributed by atoms with Crippen LogP contribution in [0.1, 0.15) is 18.4 Å². The minimum Gasteiger partial charge on any atom is -0.478 e. The standard InChI is InChI=1S/C15H18FNO3/c1-20-11-7-9-17(10-8-11)14-4-2-3-13(16)12(14)5-6-15(18)19/h2-6,11H,7-10H2,1H3,(H,18,19)/b6-5+. The van der Waals surface area contributed by atoms with Crippen molar-refractivity contribution in [3.05, 3.63) is 35.7 Å². The van der Waals surface area contributed by atoms with Crippen molar-refractivity contribution in [2.45, 2.75) is 18.9 Å². The normalized spacial score (nSPS) is 16.8. The highest BCUT2D eigenvalue weighted by Gasteiger charge is 2.21. The average molecular weight is 279 g/mol. The van der Waals surface area contributed by atoms with Crippen LogP contribution in [0.3, 0.4) is 0 Å². The van der Waals surface area contributed by atoms with E-state index in [0.717, 1.165) is 37.7 Å². The summed E-state index contributed by atoms with van der Waals surface area (Å²) in [6.07, 6.45) is 4.29. The van der Waals surface area contributed by atoms with E-state index in [0.29, 0.717) is 5.56 Å². The van der Waals surface area contributed by atoms with Crippen molar-refractivity contribution >= 4 is 17.7 Å². The average Bonchev–Trinajstić information content (AvgIpc) is 2.45. The number of benzene rings is 1. The van der Waals surface area contributed by atoms with Gasteiger partial charge in [-0.25, -0.2) is 9.18 Å². The minimum absolute atomic E-state index is 0.248. The maximum Gasteiger partial charge on any atom is 0.328 e. The predicted octanol–water partition coefficient (Wildman–Crippen LogP) is 2.54. The van der Waals surface area contributed by atoms with Crippen molar-refractivity contribution in [1.82, 2.24) is 0 Å². The first-order chi connectivity index (χ1) is 9.61. The quantitative estimate of drug-likeness (QED) is 0.860. The lowest BCUT2D eigenvalue weighted by Gasteiger charge is -2.33. The Balaban J connectivity index is 2.23. The van der Waals surface area contributed by atoms with Gasteiger partial charge in [0.15, 0.2) is 0 Å². The Morgan fingerprint density at radius 3 is 2.75 bits per heavy atom. The number of hydrogen-bond donors (Lipinski definition) is 1. The van der Waals surface area contributed by atoms with Crippen molar-refractivity contribution in [2.75, 3.05) is 25.1 Å². The van der Waals surface area contributed by atoms with Gasteiger partial charge in [-0.05, 0) is 31.1 Å². The van der Waals surface area contributed by atoms with Crippen molar-refractivity contribution < 1.29 is 19.0 Å². The Hall–Kier alpha value is -1.88. The zero-order valence-corrected chi connectivity index (χ0v) is 11.4. The lowest BCUT2D eigenvalue weighted by atomic mass is 10.0. The third kappa shape index (κ3) is 3.36. The first-order valence-electron chi connectivity index (χ1n) is 6.59. The Bertz CT molecular complexity index is 508. The molecule has 1 aliphatic heterocycles. The molecule has 0 aliphatic carbocycles. The fraction of sp³-hybridized carbons (Fsp3) is 0.400. The molecule has 0 saturated carbocycles. The van der Waals surface area contributed by atoms with Crippen LogP contribution in [0.5, 0.6) is 0 Å². The SMILES string of the molecule is COC1CCN(c2cccc(F)c2/C=C/C(=O)O)CC1. The Kier molecular flexibility index (Phi) is 4.74. The van der Waals surface area contributed by atoms with Crippen LogP contribution in [0.2, 0.25) is 0 Å². The number of carboxylic acids is 1. The summed E-state index contributed by atoms with van der Waals surface area (Å²) in [6.45, 7) is 1.55. The van der Waals surface area contributed by atoms with Crippen LogP contribution in [-0.4, -0.2) is 37.4 Å². The third-order valence-electron chi connectivity index (χ3n) is 3.54. The van der Waals surface area contributed by atoms with Gasteiger partial charge in [0.1, 0.15) is 5.82 Å². The number of ether oxygens (including phenoxy) is 1. The van der Waals surface area contributed by atoms with Crippen LogP contribution >= 0.6 is 0 Å². The van der Waals surface area contributed by atoms with Gasteiger partial charge >= 0.3 is 5.97 Å². The van der Waals surface area contributed by atoms with E-state index in [2.05, 4.69) is 4.90 Å². The van der Waals surface area contributed by atoms with Crippen LogP contribution in [0.4, 0.5) is 10.1 Å². The number of carboxylic acid groups (broad SMARTS) is 1. The molecule has 1 fully saturated rings. The molecular weight excluding hydrogens is 261 g/mol. The smallest absolute Gasteiger partial charge is 0.328 e. The molecule has 0 unspecified atom stereocenters. The van der Waals surface area contributed by atoms with E-state index < -0.39 is 11.8 Å². The van der Waals surface area contributed by atoms with Crippen molar-refractivity contribution in [3.63, 3.8) is 0 Å². The molecule has 0 bridgehead atoms. The van der Waals surface area contributed by atoms with Crippen LogP contribution in [-0.2, 0) is 9.53 Å². The highest BCUT2D eigenvalue weighted by atomic mass is 19.1. The Morgan fingerprint density at radius 1 is 1.45 bits per heavy atom. The lowest BCUT2D eigenvalue weighted by molar-refractivity contribution is -0.131. The Morgan fingerprint density at radius 2 is 2.15 bits per heavy atom. The topological polar surface area (TPSA) is 49.8 Å². The highest BCUT2D eigenvalue weighted by Crippen LogP contribution is 2.28. The first-order valence-corrected chi connectivity index (χ1v) is 6.59. The molecule has 0 atom stereocenters. The molecule has 1 N–H and O–H groups in total. The van der Waals surface area contributed by atoms with E-state index in [1.807, 2.05) is 6.07 Å². The fourth-order valence-electron chi connectivity index (χ4n) is 2.45. The molecule has 0 aromatic heterocycles. The second-order valence-corrected chi connectivity index (χ2v) is 4.77. The minimum atomic E-state index is -1.09. The van der Waals surface area contributed by atoms with Crippen LogP contribution in [0.15, 0.2) is 24.3 Å². The molecule has 0 radical (unpaired) electrons. The largest absolute Gasteiger partial charge is 0.478 e. The summed E-state index contributed by atoms with van der Waals surface area (Å²) >= 11 is 0. The van der Waals surface area contributed by atoms with Gasteiger partial charge in [-0.1, -0.05) is 6.07 Å². The number of rotatable bonds is 4. The molecule has 1 aromatic carbocycles. The van der Waals surface area contributed by atoms with Crippen LogP contribution in [0.25, 0.3) is 6.08 Å². The van der Waals surface area contributed by atoms with Crippen molar-refractivity contribution in [3.8, 4) is 0 Å². The van der Waals surface area contributed by atoms with Gasteiger partial charge in [-0.15, -0.1) is 0 Å². The Labute approximate surface area is 117 Å². The van der Waals surface area contributed by atoms with Gasteiger partial charge < -0.3 is 14.7 Å². The second-order valence-electron chi connectivity index (χ2n) is 4.77. The van der Waals surface area contributed by atoms with Gasteiger partial charge in [0.2, 0.25) is 0 Å². The molecule has 0 spiro atoms. The van der Waals surface area contributed by atoms with Crippen molar-refractivity contribution in [2.24, 2.45) is 0 Å². The van der Waals surface area contributed by atoms with E-state index >= 15 is 0 Å². The number of aliphatic carboxylic acids is 1. The zero-order valence-electron chi connectivity index (χ0n) is 11.4. The van der Waals surface area contributed by atoms with Crippen LogP contribution < -0.4 is 4.90 Å². The number of hydrogen-bond acceptors (Lipinski definition) is 3. The van der Waals surface area contributed by atoms with Gasteiger partial charge in [0, 0.05) is 37.5 Å². The number of anilines is 1. The third-order valence-corrected chi connectivity index (χ3v) is 3.54. The maximum atomic E-state index is 13.9. The number of methoxy groups -OCH3 is 1. The van der Waals surface area contributed by atoms with E-state index in [9.17, 15) is 9.18 Å². The van der Waals surface area contributed by atoms with Crippen molar-refractivity contribution in [1.29, 1.82) is 0 Å². The van der Waals surface area contributed by atoms with E-state index in [1.54, 1.807) is 13.2 Å². The fourth-order valence-corrected chi connectivity index (χ4v) is 2.45. The first kappa shape index (κ1) is 14.5. The molecule has 1 saturated heterocycles. The summed E-state index contributed by atoms with van der Waals surface area (Å²) in [4.78, 5) is 12.7. The number of piperidine rings is 1. The molecular formula is C15H18FNO3. The lowest BCUT2D eigenvalue weighted by Crippen LogP contribution is -2.37. The number of carbonyl (C=O) groups is 1. The molecule has 20 heavy (non-hydrogen) atoms. The summed E-state index contributed by atoms with van der Waals surface area (Å²) in [5.74, 6) is -1.49. The van der Waals surface area contributed by atoms with Gasteiger partial charge in [-0.3, -0.25) is 0 Å². The van der Waals surface area contributed by atoms with E-state index in [1.165, 1.54) is 12.1 Å². The summed E-state index contributed by atoms with van der Waals surface area (Å²) in [6, 6.07) is 4.80. The molecule has 1 aliphatic rings. The molecule has 1 aromatic rings. The summed E-state index contributed by atoms with van der Waals surface area (Å²) in [5, 5.41) is 8.69. The summed E-state index contributed by atoms with van der Waals surface area (Å²) < 4.78 is 19.2. The molecule has 4 nitrogen and oxygen atoms in total. The predicted molar refractivity (Wildman–Crippen MR) is 75.3 cm³/mol. The van der Waals surface area contributed by atoms with Gasteiger partial charge in [0.05, 0.1) is 6.10 Å². The summed E-state index contributed by atoms with van der Waals surface area (Å²) in [7, 11) is 1.70. The highest BCUT2D eigenvalue weighted by molar-refractivity contribution is 5.87. The van der Waals surface area contributed by atoms with E-state index in [-0.39, 0.29) is 6.10 Å². The molecule has 0 amide bonds. The van der Waals surface area contributed by atoms with Crippen LogP contribution in [0, 0.1) is 5.82 Å². The molecule has 1 heterocycles.